The smallest absolute Gasteiger partial charge is 0.229 e. The maximum Gasteiger partial charge on any atom is 0.229 e. The highest BCUT2D eigenvalue weighted by atomic mass is 32.1. The summed E-state index contributed by atoms with van der Waals surface area (Å²) in [4.78, 5) is 8.57. The van der Waals surface area contributed by atoms with Crippen LogP contribution in [-0.4, -0.2) is 26.3 Å². The Morgan fingerprint density at radius 3 is 2.94 bits per heavy atom. The number of rotatable bonds is 5. The summed E-state index contributed by atoms with van der Waals surface area (Å²) in [6.07, 6.45) is 1.27. The van der Waals surface area contributed by atoms with Gasteiger partial charge in [-0.2, -0.15) is 4.98 Å². The van der Waals surface area contributed by atoms with Crippen LogP contribution in [0.5, 0.6) is 0 Å². The molecule has 1 unspecified atom stereocenters. The predicted molar refractivity (Wildman–Crippen MR) is 64.0 cm³/mol. The lowest BCUT2D eigenvalue weighted by molar-refractivity contribution is 0.158. The van der Waals surface area contributed by atoms with Crippen LogP contribution in [-0.2, 0) is 12.8 Å². The maximum atomic E-state index is 9.48. The molecule has 5 nitrogen and oxygen atoms in total. The number of aromatic nitrogens is 3. The molecule has 6 heteroatoms. The number of thiazole rings is 1. The van der Waals surface area contributed by atoms with E-state index in [-0.39, 0.29) is 0 Å². The third-order valence-corrected chi connectivity index (χ3v) is 3.22. The van der Waals surface area contributed by atoms with Gasteiger partial charge in [0.05, 0.1) is 29.6 Å². The highest BCUT2D eigenvalue weighted by molar-refractivity contribution is 7.09. The highest BCUT2D eigenvalue weighted by Crippen LogP contribution is 2.12. The molecular formula is C11H15N3O2S. The molecule has 0 saturated carbocycles. The van der Waals surface area contributed by atoms with Crippen LogP contribution >= 0.6 is 11.3 Å². The molecule has 0 spiro atoms. The Morgan fingerprint density at radius 1 is 1.47 bits per heavy atom. The third-order valence-electron chi connectivity index (χ3n) is 2.40. The van der Waals surface area contributed by atoms with Crippen molar-refractivity contribution >= 4 is 11.3 Å². The van der Waals surface area contributed by atoms with Crippen molar-refractivity contribution in [2.24, 2.45) is 0 Å². The minimum atomic E-state index is -0.412. The zero-order valence-corrected chi connectivity index (χ0v) is 10.7. The molecule has 0 aliphatic carbocycles. The van der Waals surface area contributed by atoms with Crippen LogP contribution in [0.25, 0.3) is 0 Å². The van der Waals surface area contributed by atoms with Gasteiger partial charge < -0.3 is 9.63 Å². The van der Waals surface area contributed by atoms with Crippen LogP contribution in [0, 0.1) is 6.92 Å². The molecular weight excluding hydrogens is 238 g/mol. The van der Waals surface area contributed by atoms with E-state index in [4.69, 9.17) is 4.52 Å². The molecule has 0 amide bonds. The van der Waals surface area contributed by atoms with E-state index in [0.29, 0.717) is 31.0 Å². The summed E-state index contributed by atoms with van der Waals surface area (Å²) >= 11 is 1.61. The largest absolute Gasteiger partial charge is 0.393 e. The van der Waals surface area contributed by atoms with Crippen molar-refractivity contribution in [3.8, 4) is 0 Å². The van der Waals surface area contributed by atoms with Crippen LogP contribution in [0.15, 0.2) is 9.90 Å². The number of hydrogen-bond donors (Lipinski definition) is 1. The molecule has 0 fully saturated rings. The van der Waals surface area contributed by atoms with E-state index in [1.165, 1.54) is 0 Å². The molecule has 0 aliphatic heterocycles. The molecule has 2 aromatic rings. The normalized spacial score (nSPS) is 12.9. The van der Waals surface area contributed by atoms with Crippen molar-refractivity contribution in [3.05, 3.63) is 27.8 Å². The lowest BCUT2D eigenvalue weighted by atomic mass is 10.2. The first-order chi connectivity index (χ1) is 8.17. The van der Waals surface area contributed by atoms with Gasteiger partial charge in [0, 0.05) is 5.38 Å². The summed E-state index contributed by atoms with van der Waals surface area (Å²) in [6, 6.07) is 0. The fraction of sp³-hybridized carbons (Fsp3) is 0.545. The molecule has 0 bridgehead atoms. The second-order valence-corrected chi connectivity index (χ2v) is 4.97. The molecule has 1 atom stereocenters. The molecule has 0 aromatic carbocycles. The monoisotopic (exact) mass is 253 g/mol. The Kier molecular flexibility index (Phi) is 3.86. The number of aliphatic hydroxyl groups is 1. The molecule has 2 rings (SSSR count). The SMILES string of the molecule is CCC(O)Cc1nc(Cc2csc(C)n2)no1. The molecule has 1 N–H and O–H groups in total. The summed E-state index contributed by atoms with van der Waals surface area (Å²) in [5, 5.41) is 16.4. The summed E-state index contributed by atoms with van der Waals surface area (Å²) in [7, 11) is 0. The van der Waals surface area contributed by atoms with E-state index in [9.17, 15) is 5.11 Å². The van der Waals surface area contributed by atoms with Crippen LogP contribution in [0.2, 0.25) is 0 Å². The van der Waals surface area contributed by atoms with Gasteiger partial charge in [0.25, 0.3) is 0 Å². The third kappa shape index (κ3) is 3.34. The van der Waals surface area contributed by atoms with Crippen LogP contribution in [0.4, 0.5) is 0 Å². The summed E-state index contributed by atoms with van der Waals surface area (Å²) < 4.78 is 5.07. The summed E-state index contributed by atoms with van der Waals surface area (Å²) in [5.41, 5.74) is 0.955. The Bertz CT molecular complexity index is 481. The van der Waals surface area contributed by atoms with Crippen molar-refractivity contribution < 1.29 is 9.63 Å². The van der Waals surface area contributed by atoms with Crippen LogP contribution in [0.1, 0.15) is 35.8 Å². The number of nitrogens with zero attached hydrogens (tertiary/aromatic N) is 3. The van der Waals surface area contributed by atoms with Gasteiger partial charge >= 0.3 is 0 Å². The Balaban J connectivity index is 1.98. The Hall–Kier alpha value is -1.27. The first-order valence-corrected chi connectivity index (χ1v) is 6.46. The first-order valence-electron chi connectivity index (χ1n) is 5.58. The predicted octanol–water partition coefficient (Wildman–Crippen LogP) is 1.74. The van der Waals surface area contributed by atoms with Gasteiger partial charge in [-0.15, -0.1) is 11.3 Å². The average molecular weight is 253 g/mol. The summed E-state index contributed by atoms with van der Waals surface area (Å²) in [5.74, 6) is 1.11. The van der Waals surface area contributed by atoms with Gasteiger partial charge in [-0.25, -0.2) is 4.98 Å². The lowest BCUT2D eigenvalue weighted by Gasteiger charge is -2.01. The molecule has 17 heavy (non-hydrogen) atoms. The minimum absolute atomic E-state index is 0.412. The maximum absolute atomic E-state index is 9.48. The van der Waals surface area contributed by atoms with E-state index in [0.717, 1.165) is 10.7 Å². The lowest BCUT2D eigenvalue weighted by Crippen LogP contribution is -2.08. The zero-order valence-electron chi connectivity index (χ0n) is 9.88. The van der Waals surface area contributed by atoms with Crippen molar-refractivity contribution in [1.29, 1.82) is 0 Å². The fourth-order valence-electron chi connectivity index (χ4n) is 1.44. The Morgan fingerprint density at radius 2 is 2.29 bits per heavy atom. The summed E-state index contributed by atoms with van der Waals surface area (Å²) in [6.45, 7) is 3.88. The van der Waals surface area contributed by atoms with Crippen molar-refractivity contribution in [2.75, 3.05) is 0 Å². The molecule has 0 radical (unpaired) electrons. The van der Waals surface area contributed by atoms with E-state index in [1.807, 2.05) is 19.2 Å². The first kappa shape index (κ1) is 12.2. The van der Waals surface area contributed by atoms with Gasteiger partial charge in [-0.1, -0.05) is 12.1 Å². The van der Waals surface area contributed by atoms with Crippen molar-refractivity contribution in [1.82, 2.24) is 15.1 Å². The molecule has 92 valence electrons. The van der Waals surface area contributed by atoms with E-state index in [1.54, 1.807) is 11.3 Å². The molecule has 0 aliphatic rings. The number of aliphatic hydroxyl groups excluding tert-OH is 1. The second kappa shape index (κ2) is 5.37. The standard InChI is InChI=1S/C11H15N3O2S/c1-3-9(15)5-11-13-10(14-16-11)4-8-6-17-7(2)12-8/h6,9,15H,3-5H2,1-2H3. The fourth-order valence-corrected chi connectivity index (χ4v) is 2.05. The van der Waals surface area contributed by atoms with Gasteiger partial charge in [-0.05, 0) is 13.3 Å². The van der Waals surface area contributed by atoms with E-state index >= 15 is 0 Å². The Labute approximate surface area is 104 Å². The number of aryl methyl sites for hydroxylation is 1. The van der Waals surface area contributed by atoms with Crippen LogP contribution in [0.3, 0.4) is 0 Å². The topological polar surface area (TPSA) is 72.0 Å². The zero-order chi connectivity index (χ0) is 12.3. The molecule has 2 aromatic heterocycles. The van der Waals surface area contributed by atoms with Crippen molar-refractivity contribution in [3.63, 3.8) is 0 Å². The quantitative estimate of drug-likeness (QED) is 0.878. The van der Waals surface area contributed by atoms with E-state index < -0.39 is 6.10 Å². The average Bonchev–Trinajstić information content (AvgIpc) is 2.89. The van der Waals surface area contributed by atoms with Gasteiger partial charge in [0.1, 0.15) is 0 Å². The van der Waals surface area contributed by atoms with E-state index in [2.05, 4.69) is 15.1 Å². The minimum Gasteiger partial charge on any atom is -0.393 e. The van der Waals surface area contributed by atoms with Crippen LogP contribution < -0.4 is 0 Å². The number of hydrogen-bond acceptors (Lipinski definition) is 6. The van der Waals surface area contributed by atoms with Gasteiger partial charge in [-0.3, -0.25) is 0 Å². The van der Waals surface area contributed by atoms with Crippen molar-refractivity contribution in [2.45, 2.75) is 39.2 Å². The molecule has 0 saturated heterocycles. The highest BCUT2D eigenvalue weighted by Gasteiger charge is 2.12. The molecule has 2 heterocycles. The van der Waals surface area contributed by atoms with Gasteiger partial charge in [0.2, 0.25) is 5.89 Å². The van der Waals surface area contributed by atoms with Gasteiger partial charge in [0.15, 0.2) is 5.82 Å². The second-order valence-electron chi connectivity index (χ2n) is 3.91.